The SMILES string of the molecule is COc1cc(NC(=O)N2CCC[C@H](C)[C@H]2CO)ccc1NC(C)=O. The highest BCUT2D eigenvalue weighted by molar-refractivity contribution is 5.93. The fourth-order valence-electron chi connectivity index (χ4n) is 3.04. The van der Waals surface area contributed by atoms with E-state index in [0.29, 0.717) is 23.7 Å². The van der Waals surface area contributed by atoms with Crippen molar-refractivity contribution in [3.63, 3.8) is 0 Å². The fraction of sp³-hybridized carbons (Fsp3) is 0.529. The van der Waals surface area contributed by atoms with Crippen LogP contribution in [0.4, 0.5) is 16.2 Å². The molecule has 132 valence electrons. The number of benzene rings is 1. The summed E-state index contributed by atoms with van der Waals surface area (Å²) in [6, 6.07) is 4.63. The third-order valence-corrected chi connectivity index (χ3v) is 4.33. The molecule has 0 bridgehead atoms. The van der Waals surface area contributed by atoms with Gasteiger partial charge < -0.3 is 25.4 Å². The van der Waals surface area contributed by atoms with E-state index in [1.165, 1.54) is 14.0 Å². The van der Waals surface area contributed by atoms with Crippen LogP contribution < -0.4 is 15.4 Å². The van der Waals surface area contributed by atoms with E-state index in [0.717, 1.165) is 12.8 Å². The number of methoxy groups -OCH3 is 1. The van der Waals surface area contributed by atoms with E-state index < -0.39 is 0 Å². The molecule has 0 spiro atoms. The van der Waals surface area contributed by atoms with Crippen LogP contribution in [0.1, 0.15) is 26.7 Å². The number of piperidine rings is 1. The van der Waals surface area contributed by atoms with Crippen molar-refractivity contribution in [3.05, 3.63) is 18.2 Å². The second-order valence-corrected chi connectivity index (χ2v) is 6.09. The van der Waals surface area contributed by atoms with Gasteiger partial charge in [-0.1, -0.05) is 6.92 Å². The highest BCUT2D eigenvalue weighted by Gasteiger charge is 2.31. The van der Waals surface area contributed by atoms with E-state index in [1.807, 2.05) is 6.92 Å². The van der Waals surface area contributed by atoms with Crippen LogP contribution in [0, 0.1) is 5.92 Å². The van der Waals surface area contributed by atoms with Gasteiger partial charge in [-0.25, -0.2) is 4.79 Å². The van der Waals surface area contributed by atoms with Gasteiger partial charge in [0.25, 0.3) is 0 Å². The summed E-state index contributed by atoms with van der Waals surface area (Å²) in [5, 5.41) is 15.1. The lowest BCUT2D eigenvalue weighted by Gasteiger charge is -2.38. The van der Waals surface area contributed by atoms with Gasteiger partial charge in [-0.15, -0.1) is 0 Å². The van der Waals surface area contributed by atoms with Crippen molar-refractivity contribution in [3.8, 4) is 5.75 Å². The fourth-order valence-corrected chi connectivity index (χ4v) is 3.04. The molecule has 1 saturated heterocycles. The van der Waals surface area contributed by atoms with E-state index >= 15 is 0 Å². The number of rotatable bonds is 4. The molecule has 1 fully saturated rings. The Hall–Kier alpha value is -2.28. The predicted molar refractivity (Wildman–Crippen MR) is 92.3 cm³/mol. The number of ether oxygens (including phenoxy) is 1. The summed E-state index contributed by atoms with van der Waals surface area (Å²) in [5.41, 5.74) is 1.11. The van der Waals surface area contributed by atoms with Gasteiger partial charge in [0.2, 0.25) is 5.91 Å². The van der Waals surface area contributed by atoms with E-state index in [9.17, 15) is 14.7 Å². The van der Waals surface area contributed by atoms with Crippen molar-refractivity contribution in [2.75, 3.05) is 30.9 Å². The number of hydrogen-bond acceptors (Lipinski definition) is 4. The van der Waals surface area contributed by atoms with Crippen LogP contribution in [-0.4, -0.2) is 48.2 Å². The van der Waals surface area contributed by atoms with Gasteiger partial charge in [-0.3, -0.25) is 4.79 Å². The molecule has 7 heteroatoms. The summed E-state index contributed by atoms with van der Waals surface area (Å²) in [7, 11) is 1.50. The van der Waals surface area contributed by atoms with Gasteiger partial charge in [0.05, 0.1) is 25.4 Å². The van der Waals surface area contributed by atoms with Crippen LogP contribution in [0.15, 0.2) is 18.2 Å². The first-order valence-electron chi connectivity index (χ1n) is 8.10. The van der Waals surface area contributed by atoms with Crippen molar-refractivity contribution in [2.45, 2.75) is 32.7 Å². The van der Waals surface area contributed by atoms with Crippen LogP contribution in [0.3, 0.4) is 0 Å². The lowest BCUT2D eigenvalue weighted by Crippen LogP contribution is -2.51. The number of amides is 3. The van der Waals surface area contributed by atoms with Crippen LogP contribution in [0.25, 0.3) is 0 Å². The maximum atomic E-state index is 12.5. The molecular formula is C17H25N3O4. The molecular weight excluding hydrogens is 310 g/mol. The number of hydrogen-bond donors (Lipinski definition) is 3. The van der Waals surface area contributed by atoms with Gasteiger partial charge in [0.15, 0.2) is 0 Å². The number of carbonyl (C=O) groups is 2. The third kappa shape index (κ3) is 4.17. The van der Waals surface area contributed by atoms with Gasteiger partial charge in [-0.05, 0) is 30.9 Å². The van der Waals surface area contributed by atoms with Gasteiger partial charge in [0, 0.05) is 25.2 Å². The molecule has 1 aliphatic heterocycles. The largest absolute Gasteiger partial charge is 0.494 e. The Morgan fingerprint density at radius 2 is 2.12 bits per heavy atom. The molecule has 0 aromatic heterocycles. The summed E-state index contributed by atoms with van der Waals surface area (Å²) >= 11 is 0. The van der Waals surface area contributed by atoms with Crippen LogP contribution in [-0.2, 0) is 4.79 Å². The molecule has 1 heterocycles. The topological polar surface area (TPSA) is 90.9 Å². The third-order valence-electron chi connectivity index (χ3n) is 4.33. The Kier molecular flexibility index (Phi) is 6.03. The number of nitrogens with zero attached hydrogens (tertiary/aromatic N) is 1. The quantitative estimate of drug-likeness (QED) is 0.787. The number of anilines is 2. The van der Waals surface area contributed by atoms with E-state index in [4.69, 9.17) is 4.74 Å². The minimum Gasteiger partial charge on any atom is -0.494 e. The van der Waals surface area contributed by atoms with Crippen LogP contribution >= 0.6 is 0 Å². The number of urea groups is 1. The molecule has 0 aliphatic carbocycles. The molecule has 2 atom stereocenters. The van der Waals surface area contributed by atoms with Crippen molar-refractivity contribution < 1.29 is 19.4 Å². The van der Waals surface area contributed by atoms with Crippen LogP contribution in [0.5, 0.6) is 5.75 Å². The van der Waals surface area contributed by atoms with Gasteiger partial charge in [-0.2, -0.15) is 0 Å². The van der Waals surface area contributed by atoms with Gasteiger partial charge >= 0.3 is 6.03 Å². The van der Waals surface area contributed by atoms with E-state index in [2.05, 4.69) is 10.6 Å². The number of likely N-dealkylation sites (tertiary alicyclic amines) is 1. The highest BCUT2D eigenvalue weighted by Crippen LogP contribution is 2.29. The molecule has 1 aromatic carbocycles. The average molecular weight is 335 g/mol. The molecule has 3 N–H and O–H groups in total. The summed E-state index contributed by atoms with van der Waals surface area (Å²) in [6.07, 6.45) is 1.93. The molecule has 2 rings (SSSR count). The number of nitrogens with one attached hydrogen (secondary N) is 2. The average Bonchev–Trinajstić information content (AvgIpc) is 2.55. The highest BCUT2D eigenvalue weighted by atomic mass is 16.5. The van der Waals surface area contributed by atoms with E-state index in [1.54, 1.807) is 23.1 Å². The Balaban J connectivity index is 2.12. The molecule has 0 saturated carbocycles. The minimum absolute atomic E-state index is 0.0423. The Morgan fingerprint density at radius 1 is 1.38 bits per heavy atom. The second-order valence-electron chi connectivity index (χ2n) is 6.09. The maximum Gasteiger partial charge on any atom is 0.322 e. The summed E-state index contributed by atoms with van der Waals surface area (Å²) in [4.78, 5) is 25.4. The van der Waals surface area contributed by atoms with Crippen molar-refractivity contribution in [1.82, 2.24) is 4.90 Å². The molecule has 7 nitrogen and oxygen atoms in total. The molecule has 24 heavy (non-hydrogen) atoms. The smallest absolute Gasteiger partial charge is 0.322 e. The Labute approximate surface area is 142 Å². The molecule has 1 aromatic rings. The minimum atomic E-state index is -0.241. The molecule has 0 radical (unpaired) electrons. The van der Waals surface area contributed by atoms with Crippen molar-refractivity contribution >= 4 is 23.3 Å². The Bertz CT molecular complexity index is 605. The number of aliphatic hydroxyl groups excluding tert-OH is 1. The lowest BCUT2D eigenvalue weighted by molar-refractivity contribution is -0.114. The zero-order valence-corrected chi connectivity index (χ0v) is 14.3. The summed E-state index contributed by atoms with van der Waals surface area (Å²) in [5.74, 6) is 0.540. The summed E-state index contributed by atoms with van der Waals surface area (Å²) < 4.78 is 5.25. The standard InChI is InChI=1S/C17H25N3O4/c1-11-5-4-8-20(15(11)10-21)17(23)19-13-6-7-14(18-12(2)22)16(9-13)24-3/h6-7,9,11,15,21H,4-5,8,10H2,1-3H3,(H,18,22)(H,19,23)/t11-,15+/m0/s1. The number of aliphatic hydroxyl groups is 1. The molecule has 0 unspecified atom stereocenters. The zero-order valence-electron chi connectivity index (χ0n) is 14.3. The Morgan fingerprint density at radius 3 is 2.75 bits per heavy atom. The first-order chi connectivity index (χ1) is 11.5. The zero-order chi connectivity index (χ0) is 17.7. The second kappa shape index (κ2) is 8.01. The lowest BCUT2D eigenvalue weighted by atomic mass is 9.91. The normalized spacial score (nSPS) is 20.4. The first-order valence-corrected chi connectivity index (χ1v) is 8.10. The van der Waals surface area contributed by atoms with Crippen molar-refractivity contribution in [2.24, 2.45) is 5.92 Å². The predicted octanol–water partition coefficient (Wildman–Crippen LogP) is 2.28. The van der Waals surface area contributed by atoms with Crippen molar-refractivity contribution in [1.29, 1.82) is 0 Å². The summed E-state index contributed by atoms with van der Waals surface area (Å²) in [6.45, 7) is 4.05. The van der Waals surface area contributed by atoms with Gasteiger partial charge in [0.1, 0.15) is 5.75 Å². The molecule has 3 amide bonds. The van der Waals surface area contributed by atoms with Crippen LogP contribution in [0.2, 0.25) is 0 Å². The van der Waals surface area contributed by atoms with E-state index in [-0.39, 0.29) is 30.5 Å². The number of carbonyl (C=O) groups excluding carboxylic acids is 2. The maximum absolute atomic E-state index is 12.5. The molecule has 1 aliphatic rings. The first kappa shape index (κ1) is 18.1. The monoisotopic (exact) mass is 335 g/mol.